The molecule has 0 saturated carbocycles. The molecule has 0 spiro atoms. The van der Waals surface area contributed by atoms with Crippen molar-refractivity contribution in [1.82, 2.24) is 5.43 Å². The lowest BCUT2D eigenvalue weighted by Crippen LogP contribution is -2.38. The molecule has 0 radical (unpaired) electrons. The predicted molar refractivity (Wildman–Crippen MR) is 80.9 cm³/mol. The maximum Gasteiger partial charge on any atom is 0.361 e. The minimum Gasteiger partial charge on any atom is -0.464 e. The fourth-order valence-corrected chi connectivity index (χ4v) is 1.43. The average molecular weight is 327 g/mol. The van der Waals surface area contributed by atoms with Crippen molar-refractivity contribution in [3.8, 4) is 0 Å². The summed E-state index contributed by atoms with van der Waals surface area (Å²) in [5.41, 5.74) is 1.39. The molecule has 9 nitrogen and oxygen atoms in total. The highest BCUT2D eigenvalue weighted by molar-refractivity contribution is 6.79. The van der Waals surface area contributed by atoms with Crippen LogP contribution >= 0.6 is 0 Å². The number of hydrogen-bond donors (Lipinski definition) is 1. The number of hydrazone groups is 1. The SMILES string of the molecule is CCC(C)(C)C(=O)OCCOC(=O)C1=NCNN=C1C(=O)OC. The summed E-state index contributed by atoms with van der Waals surface area (Å²) >= 11 is 0. The number of esters is 3. The highest BCUT2D eigenvalue weighted by Gasteiger charge is 2.29. The molecular weight excluding hydrogens is 306 g/mol. The third-order valence-electron chi connectivity index (χ3n) is 3.28. The molecule has 9 heteroatoms. The zero-order valence-corrected chi connectivity index (χ0v) is 13.7. The predicted octanol–water partition coefficient (Wildman–Crippen LogP) is 0.0397. The van der Waals surface area contributed by atoms with Crippen LogP contribution in [-0.2, 0) is 28.6 Å². The average Bonchev–Trinajstić information content (AvgIpc) is 2.57. The largest absolute Gasteiger partial charge is 0.464 e. The van der Waals surface area contributed by atoms with Crippen molar-refractivity contribution >= 4 is 29.3 Å². The lowest BCUT2D eigenvalue weighted by atomic mass is 9.91. The molecule has 1 aliphatic heterocycles. The van der Waals surface area contributed by atoms with Crippen molar-refractivity contribution in [2.75, 3.05) is 27.0 Å². The van der Waals surface area contributed by atoms with Crippen molar-refractivity contribution in [2.24, 2.45) is 15.5 Å². The van der Waals surface area contributed by atoms with E-state index in [1.54, 1.807) is 13.8 Å². The number of rotatable bonds is 7. The van der Waals surface area contributed by atoms with E-state index >= 15 is 0 Å². The van der Waals surface area contributed by atoms with Crippen LogP contribution in [0.15, 0.2) is 10.1 Å². The maximum absolute atomic E-state index is 11.9. The Morgan fingerprint density at radius 2 is 1.78 bits per heavy atom. The number of aliphatic imine (C=N–C) groups is 1. The molecular formula is C14H21N3O6. The van der Waals surface area contributed by atoms with Gasteiger partial charge in [-0.05, 0) is 20.3 Å². The van der Waals surface area contributed by atoms with Crippen LogP contribution in [0.3, 0.4) is 0 Å². The minimum absolute atomic E-state index is 0.0462. The third-order valence-corrected chi connectivity index (χ3v) is 3.28. The molecule has 0 aliphatic carbocycles. The molecule has 0 fully saturated rings. The number of nitrogens with zero attached hydrogens (tertiary/aromatic N) is 2. The first-order valence-corrected chi connectivity index (χ1v) is 7.11. The molecule has 0 unspecified atom stereocenters. The second-order valence-corrected chi connectivity index (χ2v) is 5.28. The van der Waals surface area contributed by atoms with Crippen molar-refractivity contribution < 1.29 is 28.6 Å². The Labute approximate surface area is 134 Å². The first-order chi connectivity index (χ1) is 10.8. The van der Waals surface area contributed by atoms with Crippen LogP contribution in [0.2, 0.25) is 0 Å². The fourth-order valence-electron chi connectivity index (χ4n) is 1.43. The van der Waals surface area contributed by atoms with Crippen LogP contribution in [0.1, 0.15) is 27.2 Å². The van der Waals surface area contributed by atoms with Crippen molar-refractivity contribution in [1.29, 1.82) is 0 Å². The Hall–Kier alpha value is -2.45. The van der Waals surface area contributed by atoms with Gasteiger partial charge in [0.25, 0.3) is 0 Å². The fraction of sp³-hybridized carbons (Fsp3) is 0.643. The second kappa shape index (κ2) is 8.25. The van der Waals surface area contributed by atoms with E-state index in [2.05, 4.69) is 20.3 Å². The summed E-state index contributed by atoms with van der Waals surface area (Å²) in [6.07, 6.45) is 0.633. The Morgan fingerprint density at radius 1 is 1.13 bits per heavy atom. The summed E-state index contributed by atoms with van der Waals surface area (Å²) in [5, 5.41) is 3.68. The van der Waals surface area contributed by atoms with Gasteiger partial charge in [-0.3, -0.25) is 15.2 Å². The van der Waals surface area contributed by atoms with Gasteiger partial charge in [-0.15, -0.1) is 0 Å². The van der Waals surface area contributed by atoms with E-state index in [1.807, 2.05) is 6.92 Å². The van der Waals surface area contributed by atoms with Crippen molar-refractivity contribution in [3.05, 3.63) is 0 Å². The third kappa shape index (κ3) is 5.04. The van der Waals surface area contributed by atoms with E-state index in [0.717, 1.165) is 7.11 Å². The first kappa shape index (κ1) is 18.6. The van der Waals surface area contributed by atoms with Crippen LogP contribution in [0, 0.1) is 5.41 Å². The van der Waals surface area contributed by atoms with Gasteiger partial charge in [-0.25, -0.2) is 9.59 Å². The molecule has 1 heterocycles. The van der Waals surface area contributed by atoms with Gasteiger partial charge in [-0.1, -0.05) is 6.92 Å². The Morgan fingerprint density at radius 3 is 2.39 bits per heavy atom. The van der Waals surface area contributed by atoms with E-state index in [4.69, 9.17) is 9.47 Å². The van der Waals surface area contributed by atoms with Gasteiger partial charge in [-0.2, -0.15) is 5.10 Å². The first-order valence-electron chi connectivity index (χ1n) is 7.11. The standard InChI is InChI=1S/C14H21N3O6/c1-5-14(2,3)13(20)23-7-6-22-12(19)9-10(11(18)21-4)17-16-8-15-9/h16H,5-8H2,1-4H3. The van der Waals surface area contributed by atoms with Gasteiger partial charge >= 0.3 is 17.9 Å². The Kier molecular flexibility index (Phi) is 6.67. The van der Waals surface area contributed by atoms with Crippen LogP contribution in [-0.4, -0.2) is 56.3 Å². The number of methoxy groups -OCH3 is 1. The van der Waals surface area contributed by atoms with Crippen molar-refractivity contribution in [2.45, 2.75) is 27.2 Å². The quantitative estimate of drug-likeness (QED) is 0.399. The van der Waals surface area contributed by atoms with Gasteiger partial charge in [0, 0.05) is 0 Å². The number of hydrogen-bond acceptors (Lipinski definition) is 9. The number of ether oxygens (including phenoxy) is 3. The number of carbonyl (C=O) groups is 3. The normalized spacial score (nSPS) is 14.1. The van der Waals surface area contributed by atoms with Crippen molar-refractivity contribution in [3.63, 3.8) is 0 Å². The topological polar surface area (TPSA) is 116 Å². The molecule has 0 amide bonds. The molecule has 1 aliphatic rings. The molecule has 0 aromatic rings. The molecule has 1 rings (SSSR count). The van der Waals surface area contributed by atoms with Crippen LogP contribution < -0.4 is 5.43 Å². The Bertz CT molecular complexity index is 539. The summed E-state index contributed by atoms with van der Waals surface area (Å²) in [6, 6.07) is 0. The highest BCUT2D eigenvalue weighted by Crippen LogP contribution is 2.21. The van der Waals surface area contributed by atoms with Gasteiger partial charge in [0.1, 0.15) is 19.9 Å². The number of nitrogens with one attached hydrogen (secondary N) is 1. The molecule has 0 atom stereocenters. The maximum atomic E-state index is 11.9. The summed E-state index contributed by atoms with van der Waals surface area (Å²) < 4.78 is 14.5. The molecule has 0 aromatic heterocycles. The van der Waals surface area contributed by atoms with E-state index < -0.39 is 17.4 Å². The van der Waals surface area contributed by atoms with E-state index in [9.17, 15) is 14.4 Å². The zero-order valence-electron chi connectivity index (χ0n) is 13.7. The molecule has 128 valence electrons. The monoisotopic (exact) mass is 327 g/mol. The van der Waals surface area contributed by atoms with Crippen LogP contribution in [0.5, 0.6) is 0 Å². The van der Waals surface area contributed by atoms with Gasteiger partial charge in [0.05, 0.1) is 12.5 Å². The molecule has 23 heavy (non-hydrogen) atoms. The number of carbonyl (C=O) groups excluding carboxylic acids is 3. The lowest BCUT2D eigenvalue weighted by molar-refractivity contribution is -0.157. The Balaban J connectivity index is 2.48. The molecule has 0 aromatic carbocycles. The van der Waals surface area contributed by atoms with E-state index in [1.165, 1.54) is 0 Å². The lowest BCUT2D eigenvalue weighted by Gasteiger charge is -2.20. The summed E-state index contributed by atoms with van der Waals surface area (Å²) in [7, 11) is 1.16. The summed E-state index contributed by atoms with van der Waals surface area (Å²) in [5.74, 6) is -2.00. The highest BCUT2D eigenvalue weighted by atomic mass is 16.6. The van der Waals surface area contributed by atoms with Gasteiger partial charge in [0.2, 0.25) is 5.71 Å². The summed E-state index contributed by atoms with van der Waals surface area (Å²) in [6.45, 7) is 5.23. The summed E-state index contributed by atoms with van der Waals surface area (Å²) in [4.78, 5) is 39.0. The van der Waals surface area contributed by atoms with Gasteiger partial charge < -0.3 is 14.2 Å². The molecule has 1 N–H and O–H groups in total. The van der Waals surface area contributed by atoms with Gasteiger partial charge in [0.15, 0.2) is 5.71 Å². The molecule has 0 bridgehead atoms. The second-order valence-electron chi connectivity index (χ2n) is 5.28. The smallest absolute Gasteiger partial charge is 0.361 e. The van der Waals surface area contributed by atoms with E-state index in [0.29, 0.717) is 6.42 Å². The minimum atomic E-state index is -0.832. The zero-order chi connectivity index (χ0) is 17.5. The van der Waals surface area contributed by atoms with Crippen LogP contribution in [0.25, 0.3) is 0 Å². The van der Waals surface area contributed by atoms with Crippen LogP contribution in [0.4, 0.5) is 0 Å². The van der Waals surface area contributed by atoms with E-state index in [-0.39, 0.29) is 37.3 Å². The molecule has 0 saturated heterocycles.